The van der Waals surface area contributed by atoms with E-state index in [1.54, 1.807) is 6.07 Å². The van der Waals surface area contributed by atoms with Gasteiger partial charge in [-0.15, -0.1) is 0 Å². The molecule has 0 saturated heterocycles. The van der Waals surface area contributed by atoms with Crippen molar-refractivity contribution in [1.82, 2.24) is 9.97 Å². The van der Waals surface area contributed by atoms with E-state index in [1.165, 1.54) is 25.6 Å². The van der Waals surface area contributed by atoms with E-state index in [9.17, 15) is 9.18 Å². The summed E-state index contributed by atoms with van der Waals surface area (Å²) in [6.07, 6.45) is 1.67. The van der Waals surface area contributed by atoms with Crippen molar-refractivity contribution in [1.29, 1.82) is 0 Å². The van der Waals surface area contributed by atoms with Crippen molar-refractivity contribution in [3.05, 3.63) is 41.1 Å². The van der Waals surface area contributed by atoms with Crippen molar-refractivity contribution in [3.8, 4) is 17.0 Å². The highest BCUT2D eigenvalue weighted by molar-refractivity contribution is 6.32. The number of hydrogen-bond acceptors (Lipinski definition) is 4. The van der Waals surface area contributed by atoms with Gasteiger partial charge in [0.2, 0.25) is 0 Å². The quantitative estimate of drug-likeness (QED) is 0.633. The van der Waals surface area contributed by atoms with E-state index in [2.05, 4.69) is 9.97 Å². The Balaban J connectivity index is 2.69. The Labute approximate surface area is 107 Å². The first-order valence-electron chi connectivity index (χ1n) is 4.97. The van der Waals surface area contributed by atoms with Gasteiger partial charge in [-0.05, 0) is 12.1 Å². The van der Waals surface area contributed by atoms with Gasteiger partial charge in [0, 0.05) is 5.56 Å². The molecule has 1 aromatic heterocycles. The predicted octanol–water partition coefficient (Wildman–Crippen LogP) is 2.76. The zero-order valence-corrected chi connectivity index (χ0v) is 10.1. The summed E-state index contributed by atoms with van der Waals surface area (Å²) >= 11 is 5.77. The Bertz CT molecular complexity index is 605. The molecule has 0 amide bonds. The van der Waals surface area contributed by atoms with Gasteiger partial charge in [0.25, 0.3) is 0 Å². The van der Waals surface area contributed by atoms with Crippen LogP contribution in [0.25, 0.3) is 11.3 Å². The molecule has 6 heteroatoms. The fourth-order valence-corrected chi connectivity index (χ4v) is 1.72. The predicted molar refractivity (Wildman–Crippen MR) is 64.4 cm³/mol. The first kappa shape index (κ1) is 12.4. The van der Waals surface area contributed by atoms with Crippen LogP contribution in [0.2, 0.25) is 5.15 Å². The molecule has 0 fully saturated rings. The average molecular weight is 267 g/mol. The van der Waals surface area contributed by atoms with E-state index in [1.807, 2.05) is 0 Å². The molecule has 0 saturated carbocycles. The Morgan fingerprint density at radius 2 is 2.17 bits per heavy atom. The summed E-state index contributed by atoms with van der Waals surface area (Å²) in [5.74, 6) is -0.531. The van der Waals surface area contributed by atoms with Crippen LogP contribution in [-0.4, -0.2) is 23.4 Å². The summed E-state index contributed by atoms with van der Waals surface area (Å²) in [5, 5.41) is -0.0165. The van der Waals surface area contributed by atoms with E-state index in [0.29, 0.717) is 6.29 Å². The number of benzene rings is 1. The fourth-order valence-electron chi connectivity index (χ4n) is 1.54. The summed E-state index contributed by atoms with van der Waals surface area (Å²) in [6.45, 7) is 0. The average Bonchev–Trinajstić information content (AvgIpc) is 2.39. The van der Waals surface area contributed by atoms with Crippen LogP contribution in [0.4, 0.5) is 4.39 Å². The van der Waals surface area contributed by atoms with Crippen molar-refractivity contribution in [2.45, 2.75) is 0 Å². The van der Waals surface area contributed by atoms with E-state index in [4.69, 9.17) is 16.3 Å². The number of rotatable bonds is 3. The third kappa shape index (κ3) is 2.04. The number of methoxy groups -OCH3 is 1. The Morgan fingerprint density at radius 1 is 1.39 bits per heavy atom. The Morgan fingerprint density at radius 3 is 2.83 bits per heavy atom. The third-order valence-electron chi connectivity index (χ3n) is 2.39. The Hall–Kier alpha value is -2.01. The number of aromatic nitrogens is 2. The number of halogens is 2. The van der Waals surface area contributed by atoms with Gasteiger partial charge in [-0.25, -0.2) is 14.4 Å². The number of hydrogen-bond donors (Lipinski definition) is 0. The van der Waals surface area contributed by atoms with Gasteiger partial charge in [0.05, 0.1) is 18.4 Å². The van der Waals surface area contributed by atoms with E-state index < -0.39 is 5.82 Å². The highest BCUT2D eigenvalue weighted by atomic mass is 35.5. The second kappa shape index (κ2) is 5.10. The van der Waals surface area contributed by atoms with Crippen molar-refractivity contribution >= 4 is 17.9 Å². The van der Waals surface area contributed by atoms with Gasteiger partial charge in [-0.3, -0.25) is 4.79 Å². The first-order valence-corrected chi connectivity index (χ1v) is 5.35. The number of aldehydes is 1. The lowest BCUT2D eigenvalue weighted by Gasteiger charge is -2.08. The topological polar surface area (TPSA) is 52.1 Å². The van der Waals surface area contributed by atoms with Crippen LogP contribution in [0, 0.1) is 5.82 Å². The summed E-state index contributed by atoms with van der Waals surface area (Å²) in [4.78, 5) is 18.5. The number of carbonyl (C=O) groups is 1. The Kier molecular flexibility index (Phi) is 3.53. The van der Waals surface area contributed by atoms with Gasteiger partial charge in [0.15, 0.2) is 17.9 Å². The highest BCUT2D eigenvalue weighted by Gasteiger charge is 2.17. The van der Waals surface area contributed by atoms with Gasteiger partial charge in [-0.2, -0.15) is 0 Å². The molecule has 1 heterocycles. The molecule has 0 atom stereocenters. The van der Waals surface area contributed by atoms with Crippen LogP contribution >= 0.6 is 11.6 Å². The third-order valence-corrected chi connectivity index (χ3v) is 2.69. The summed E-state index contributed by atoms with van der Waals surface area (Å²) in [5.41, 5.74) is 0.327. The van der Waals surface area contributed by atoms with E-state index >= 15 is 0 Å². The minimum absolute atomic E-state index is 0.0165. The first-order chi connectivity index (χ1) is 8.69. The van der Waals surface area contributed by atoms with Gasteiger partial charge >= 0.3 is 0 Å². The van der Waals surface area contributed by atoms with Crippen molar-refractivity contribution in [2.75, 3.05) is 7.11 Å². The maximum absolute atomic E-state index is 14.1. The zero-order chi connectivity index (χ0) is 13.1. The highest BCUT2D eigenvalue weighted by Crippen LogP contribution is 2.30. The van der Waals surface area contributed by atoms with Crippen LogP contribution in [0.1, 0.15) is 10.4 Å². The van der Waals surface area contributed by atoms with Crippen LogP contribution < -0.4 is 4.74 Å². The molecule has 0 spiro atoms. The molecule has 2 aromatic rings. The molecule has 92 valence electrons. The molecule has 4 nitrogen and oxygen atoms in total. The molecule has 0 N–H and O–H groups in total. The molecule has 0 unspecified atom stereocenters. The van der Waals surface area contributed by atoms with Crippen molar-refractivity contribution in [2.24, 2.45) is 0 Å². The smallest absolute Gasteiger partial charge is 0.174 e. The molecule has 1 aromatic carbocycles. The van der Waals surface area contributed by atoms with Crippen LogP contribution in [0.3, 0.4) is 0 Å². The summed E-state index contributed by atoms with van der Waals surface area (Å²) < 4.78 is 18.9. The molecular formula is C12H8ClFN2O2. The molecule has 0 aliphatic heterocycles. The second-order valence-electron chi connectivity index (χ2n) is 3.37. The van der Waals surface area contributed by atoms with Gasteiger partial charge < -0.3 is 4.74 Å². The molecule has 2 rings (SSSR count). The second-order valence-corrected chi connectivity index (χ2v) is 3.72. The van der Waals surface area contributed by atoms with E-state index in [-0.39, 0.29) is 27.7 Å². The molecule has 18 heavy (non-hydrogen) atoms. The van der Waals surface area contributed by atoms with Crippen LogP contribution in [0.15, 0.2) is 24.5 Å². The minimum atomic E-state index is -0.599. The van der Waals surface area contributed by atoms with Crippen molar-refractivity contribution in [3.63, 3.8) is 0 Å². The maximum atomic E-state index is 14.1. The standard InChI is InChI=1S/C12H8ClFN2O2/c1-18-9-4-2-3-7(10(9)14)11-8(5-17)12(13)16-6-15-11/h2-6H,1H3. The largest absolute Gasteiger partial charge is 0.494 e. The number of ether oxygens (including phenoxy) is 1. The summed E-state index contributed by atoms with van der Waals surface area (Å²) in [6, 6.07) is 4.56. The van der Waals surface area contributed by atoms with Gasteiger partial charge in [-0.1, -0.05) is 17.7 Å². The lowest BCUT2D eigenvalue weighted by molar-refractivity contribution is 0.112. The molecule has 0 aliphatic carbocycles. The van der Waals surface area contributed by atoms with E-state index in [0.717, 1.165) is 0 Å². The van der Waals surface area contributed by atoms with Crippen molar-refractivity contribution < 1.29 is 13.9 Å². The lowest BCUT2D eigenvalue weighted by atomic mass is 10.1. The molecule has 0 radical (unpaired) electrons. The zero-order valence-electron chi connectivity index (χ0n) is 9.35. The number of nitrogens with zero attached hydrogens (tertiary/aromatic N) is 2. The minimum Gasteiger partial charge on any atom is -0.494 e. The molecular weight excluding hydrogens is 259 g/mol. The normalized spacial score (nSPS) is 10.2. The number of carbonyl (C=O) groups excluding carboxylic acids is 1. The monoisotopic (exact) mass is 266 g/mol. The van der Waals surface area contributed by atoms with Gasteiger partial charge in [0.1, 0.15) is 11.5 Å². The molecule has 0 aliphatic rings. The summed E-state index contributed by atoms with van der Waals surface area (Å²) in [7, 11) is 1.36. The van der Waals surface area contributed by atoms with Crippen LogP contribution in [0.5, 0.6) is 5.75 Å². The lowest BCUT2D eigenvalue weighted by Crippen LogP contribution is -1.98. The SMILES string of the molecule is COc1cccc(-c2ncnc(Cl)c2C=O)c1F. The molecule has 0 bridgehead atoms. The fraction of sp³-hybridized carbons (Fsp3) is 0.0833. The maximum Gasteiger partial charge on any atom is 0.174 e. The van der Waals surface area contributed by atoms with Crippen LogP contribution in [-0.2, 0) is 0 Å².